The number of hydrogen-bond donors (Lipinski definition) is 0. The smallest absolute Gasteiger partial charge is 0.146 e. The van der Waals surface area contributed by atoms with Crippen LogP contribution in [0.3, 0.4) is 0 Å². The number of rotatable bonds is 2. The number of nitrogens with zero attached hydrogens (tertiary/aromatic N) is 2. The summed E-state index contributed by atoms with van der Waals surface area (Å²) >= 11 is 0. The minimum Gasteiger partial charge on any atom is -0.367 e. The third-order valence-corrected chi connectivity index (χ3v) is 3.01. The van der Waals surface area contributed by atoms with Crippen LogP contribution in [0.25, 0.3) is 0 Å². The third-order valence-electron chi connectivity index (χ3n) is 3.01. The Balaban J connectivity index is 0.000000741. The van der Waals surface area contributed by atoms with E-state index >= 15 is 0 Å². The molecule has 0 saturated carbocycles. The zero-order chi connectivity index (χ0) is 14.7. The zero-order valence-corrected chi connectivity index (χ0v) is 13.1. The number of para-hydroxylation sites is 1. The van der Waals surface area contributed by atoms with Gasteiger partial charge in [-0.25, -0.2) is 4.39 Å². The van der Waals surface area contributed by atoms with Gasteiger partial charge in [-0.05, 0) is 18.7 Å². The Morgan fingerprint density at radius 3 is 1.95 bits per heavy atom. The van der Waals surface area contributed by atoms with E-state index in [2.05, 4.69) is 16.7 Å². The molecule has 19 heavy (non-hydrogen) atoms. The van der Waals surface area contributed by atoms with Crippen LogP contribution in [0, 0.1) is 5.82 Å². The van der Waals surface area contributed by atoms with Gasteiger partial charge in [0.1, 0.15) is 5.82 Å². The van der Waals surface area contributed by atoms with Crippen LogP contribution in [0.4, 0.5) is 10.1 Å². The Hall–Kier alpha value is -1.09. The predicted octanol–water partition coefficient (Wildman–Crippen LogP) is 4.02. The largest absolute Gasteiger partial charge is 0.367 e. The van der Waals surface area contributed by atoms with Crippen molar-refractivity contribution in [1.82, 2.24) is 4.90 Å². The van der Waals surface area contributed by atoms with Crippen LogP contribution in [0.2, 0.25) is 0 Å². The molecule has 0 aliphatic carbocycles. The fraction of sp³-hybridized carbons (Fsp3) is 0.625. The molecule has 1 saturated heterocycles. The van der Waals surface area contributed by atoms with E-state index in [4.69, 9.17) is 0 Å². The lowest BCUT2D eigenvalue weighted by Crippen LogP contribution is -2.46. The molecule has 3 heteroatoms. The van der Waals surface area contributed by atoms with E-state index in [1.807, 2.05) is 39.8 Å². The second kappa shape index (κ2) is 10.8. The van der Waals surface area contributed by atoms with Gasteiger partial charge in [0.25, 0.3) is 0 Å². The molecule has 2 nitrogen and oxygen atoms in total. The maximum Gasteiger partial charge on any atom is 0.146 e. The Bertz CT molecular complexity index is 320. The number of likely N-dealkylation sites (N-methyl/N-ethyl adjacent to an activating group) is 1. The molecule has 1 fully saturated rings. The van der Waals surface area contributed by atoms with Gasteiger partial charge in [0, 0.05) is 26.2 Å². The van der Waals surface area contributed by atoms with E-state index in [-0.39, 0.29) is 5.82 Å². The second-order valence-electron chi connectivity index (χ2n) is 3.87. The Morgan fingerprint density at radius 1 is 0.947 bits per heavy atom. The molecule has 0 unspecified atom stereocenters. The summed E-state index contributed by atoms with van der Waals surface area (Å²) in [5, 5.41) is 0. The highest BCUT2D eigenvalue weighted by atomic mass is 19.1. The highest BCUT2D eigenvalue weighted by molar-refractivity contribution is 5.47. The SMILES string of the molecule is CC.CC.CCN1CCN(c2ccccc2F)CC1. The Morgan fingerprint density at radius 2 is 1.47 bits per heavy atom. The van der Waals surface area contributed by atoms with Gasteiger partial charge in [0.05, 0.1) is 5.69 Å². The molecule has 2 rings (SSSR count). The number of benzene rings is 1. The van der Waals surface area contributed by atoms with E-state index in [0.29, 0.717) is 0 Å². The lowest BCUT2D eigenvalue weighted by Gasteiger charge is -2.35. The quantitative estimate of drug-likeness (QED) is 0.799. The van der Waals surface area contributed by atoms with E-state index in [1.165, 1.54) is 6.07 Å². The van der Waals surface area contributed by atoms with Crippen molar-refractivity contribution in [3.05, 3.63) is 30.1 Å². The first-order chi connectivity index (χ1) is 9.31. The highest BCUT2D eigenvalue weighted by Crippen LogP contribution is 2.19. The molecule has 1 heterocycles. The van der Waals surface area contributed by atoms with Crippen LogP contribution in [-0.2, 0) is 0 Å². The van der Waals surface area contributed by atoms with E-state index in [9.17, 15) is 4.39 Å². The van der Waals surface area contributed by atoms with Crippen molar-refractivity contribution >= 4 is 5.69 Å². The molecule has 1 aliphatic heterocycles. The maximum atomic E-state index is 13.5. The average Bonchev–Trinajstić information content (AvgIpc) is 2.52. The van der Waals surface area contributed by atoms with Crippen LogP contribution < -0.4 is 4.90 Å². The Labute approximate surface area is 118 Å². The summed E-state index contributed by atoms with van der Waals surface area (Å²) in [6.45, 7) is 15.2. The molecule has 0 spiro atoms. The monoisotopic (exact) mass is 268 g/mol. The van der Waals surface area contributed by atoms with Gasteiger partial charge in [-0.15, -0.1) is 0 Å². The van der Waals surface area contributed by atoms with E-state index in [1.54, 1.807) is 6.07 Å². The first-order valence-corrected chi connectivity index (χ1v) is 7.53. The molecule has 1 aliphatic rings. The summed E-state index contributed by atoms with van der Waals surface area (Å²) in [5.41, 5.74) is 0.744. The first kappa shape index (κ1) is 17.9. The molecule has 0 bridgehead atoms. The number of hydrogen-bond acceptors (Lipinski definition) is 2. The van der Waals surface area contributed by atoms with Crippen molar-refractivity contribution in [3.8, 4) is 0 Å². The first-order valence-electron chi connectivity index (χ1n) is 7.53. The van der Waals surface area contributed by atoms with Gasteiger partial charge in [-0.2, -0.15) is 0 Å². The molecule has 1 aromatic carbocycles. The van der Waals surface area contributed by atoms with Gasteiger partial charge < -0.3 is 9.80 Å². The molecule has 1 aromatic rings. The maximum absolute atomic E-state index is 13.5. The zero-order valence-electron chi connectivity index (χ0n) is 13.1. The number of piperazine rings is 1. The van der Waals surface area contributed by atoms with Gasteiger partial charge >= 0.3 is 0 Å². The summed E-state index contributed by atoms with van der Waals surface area (Å²) in [4.78, 5) is 4.51. The van der Waals surface area contributed by atoms with Crippen LogP contribution >= 0.6 is 0 Å². The van der Waals surface area contributed by atoms with Crippen molar-refractivity contribution in [2.45, 2.75) is 34.6 Å². The molecule has 0 amide bonds. The van der Waals surface area contributed by atoms with Crippen LogP contribution in [0.1, 0.15) is 34.6 Å². The summed E-state index contributed by atoms with van der Waals surface area (Å²) < 4.78 is 13.5. The Kier molecular flexibility index (Phi) is 10.2. The summed E-state index contributed by atoms with van der Waals surface area (Å²) in [5.74, 6) is -0.109. The summed E-state index contributed by atoms with van der Waals surface area (Å²) in [7, 11) is 0. The predicted molar refractivity (Wildman–Crippen MR) is 83.4 cm³/mol. The summed E-state index contributed by atoms with van der Waals surface area (Å²) in [6.07, 6.45) is 0. The van der Waals surface area contributed by atoms with Gasteiger partial charge in [0.15, 0.2) is 0 Å². The molecule has 0 atom stereocenters. The standard InChI is InChI=1S/C12H17FN2.2C2H6/c1-2-14-7-9-15(10-8-14)12-6-4-3-5-11(12)13;2*1-2/h3-6H,2,7-10H2,1H3;2*1-2H3. The normalized spacial score (nSPS) is 14.9. The van der Waals surface area contributed by atoms with Crippen molar-refractivity contribution in [2.75, 3.05) is 37.6 Å². The number of halogens is 1. The van der Waals surface area contributed by atoms with Crippen molar-refractivity contribution in [3.63, 3.8) is 0 Å². The molecule has 0 aromatic heterocycles. The molecular formula is C16H29FN2. The molecular weight excluding hydrogens is 239 g/mol. The van der Waals surface area contributed by atoms with Crippen LogP contribution in [0.15, 0.2) is 24.3 Å². The topological polar surface area (TPSA) is 6.48 Å². The van der Waals surface area contributed by atoms with Crippen molar-refractivity contribution in [2.24, 2.45) is 0 Å². The number of anilines is 1. The van der Waals surface area contributed by atoms with Crippen molar-refractivity contribution < 1.29 is 4.39 Å². The average molecular weight is 268 g/mol. The van der Waals surface area contributed by atoms with E-state index in [0.717, 1.165) is 38.4 Å². The summed E-state index contributed by atoms with van der Waals surface area (Å²) in [6, 6.07) is 7.02. The minimum atomic E-state index is -0.109. The van der Waals surface area contributed by atoms with Crippen LogP contribution in [0.5, 0.6) is 0 Å². The molecule has 0 N–H and O–H groups in total. The third kappa shape index (κ3) is 5.60. The molecule has 110 valence electrons. The fourth-order valence-electron chi connectivity index (χ4n) is 2.01. The van der Waals surface area contributed by atoms with Crippen molar-refractivity contribution in [1.29, 1.82) is 0 Å². The highest BCUT2D eigenvalue weighted by Gasteiger charge is 2.17. The van der Waals surface area contributed by atoms with Crippen LogP contribution in [-0.4, -0.2) is 37.6 Å². The van der Waals surface area contributed by atoms with E-state index < -0.39 is 0 Å². The minimum absolute atomic E-state index is 0.109. The lowest BCUT2D eigenvalue weighted by atomic mass is 10.2. The fourth-order valence-corrected chi connectivity index (χ4v) is 2.01. The lowest BCUT2D eigenvalue weighted by molar-refractivity contribution is 0.270. The second-order valence-corrected chi connectivity index (χ2v) is 3.87. The van der Waals surface area contributed by atoms with Gasteiger partial charge in [-0.3, -0.25) is 0 Å². The van der Waals surface area contributed by atoms with Gasteiger partial charge in [-0.1, -0.05) is 46.8 Å². The van der Waals surface area contributed by atoms with Gasteiger partial charge in [0.2, 0.25) is 0 Å². The molecule has 0 radical (unpaired) electrons.